The first-order valence-corrected chi connectivity index (χ1v) is 7.09. The summed E-state index contributed by atoms with van der Waals surface area (Å²) >= 11 is 0.142. The Morgan fingerprint density at radius 3 is 2.61 bits per heavy atom. The summed E-state index contributed by atoms with van der Waals surface area (Å²) in [5.74, 6) is 0.377. The number of alkyl halides is 3. The van der Waals surface area contributed by atoms with Gasteiger partial charge in [-0.1, -0.05) is 6.07 Å². The molecule has 0 aliphatic rings. The number of nitrogens with two attached hydrogens (primary N) is 1. The largest absolute Gasteiger partial charge is 0.416 e. The molecule has 2 aromatic heterocycles. The van der Waals surface area contributed by atoms with Crippen molar-refractivity contribution in [2.75, 3.05) is 5.73 Å². The number of nitrogens with zero attached hydrogens (tertiary/aromatic N) is 2. The molecule has 3 aromatic rings. The number of nitrogen functional groups attached to an aromatic ring is 1. The van der Waals surface area contributed by atoms with Gasteiger partial charge in [-0.25, -0.2) is 14.2 Å². The third-order valence-electron chi connectivity index (χ3n) is 3.11. The molecule has 9 heteroatoms. The predicted octanol–water partition coefficient (Wildman–Crippen LogP) is 2.34. The summed E-state index contributed by atoms with van der Waals surface area (Å²) < 4.78 is 49.6. The van der Waals surface area contributed by atoms with Gasteiger partial charge in [0.05, 0.1) is 22.3 Å². The Hall–Kier alpha value is -2.68. The molecular weight excluding hydrogens is 329 g/mol. The van der Waals surface area contributed by atoms with Crippen LogP contribution in [-0.2, 0) is 17.4 Å². The number of hydrogen-bond donors (Lipinski definition) is 2. The summed E-state index contributed by atoms with van der Waals surface area (Å²) in [6.45, 7) is 0. The minimum absolute atomic E-state index is 0.142. The number of hydrogen-bond acceptors (Lipinski definition) is 4. The second-order valence-electron chi connectivity index (χ2n) is 4.68. The van der Waals surface area contributed by atoms with Crippen LogP contribution in [0.25, 0.3) is 11.0 Å². The van der Waals surface area contributed by atoms with Gasteiger partial charge in [-0.3, -0.25) is 0 Å². The monoisotopic (exact) mass is 338 g/mol. The molecule has 0 saturated carbocycles. The highest BCUT2D eigenvalue weighted by Gasteiger charge is 2.30. The van der Waals surface area contributed by atoms with Crippen LogP contribution in [-0.4, -0.2) is 24.0 Å². The second-order valence-corrected chi connectivity index (χ2v) is 5.25. The third-order valence-corrected chi connectivity index (χ3v) is 3.68. The number of aromatic amines is 1. The van der Waals surface area contributed by atoms with Crippen LogP contribution in [0.2, 0.25) is 0 Å². The lowest BCUT2D eigenvalue weighted by molar-refractivity contribution is -0.137. The van der Waals surface area contributed by atoms with Crippen molar-refractivity contribution in [3.8, 4) is 0 Å². The zero-order valence-corrected chi connectivity index (χ0v) is 12.2. The van der Waals surface area contributed by atoms with Crippen LogP contribution in [0.3, 0.4) is 0 Å². The number of halogens is 3. The van der Waals surface area contributed by atoms with Gasteiger partial charge in [0.2, 0.25) is 0 Å². The van der Waals surface area contributed by atoms with Gasteiger partial charge in [0.15, 0.2) is 5.82 Å². The Balaban J connectivity index is 2.11. The van der Waals surface area contributed by atoms with E-state index < -0.39 is 11.7 Å². The van der Waals surface area contributed by atoms with Crippen molar-refractivity contribution >= 4 is 33.0 Å². The molecule has 0 radical (unpaired) electrons. The van der Waals surface area contributed by atoms with Gasteiger partial charge in [0.25, 0.3) is 0 Å². The Morgan fingerprint density at radius 1 is 1.17 bits per heavy atom. The number of anilines is 1. The molecule has 0 bridgehead atoms. The Bertz CT molecular complexity index is 945. The van der Waals surface area contributed by atoms with E-state index in [1.165, 1.54) is 6.07 Å². The summed E-state index contributed by atoms with van der Waals surface area (Å²) in [4.78, 5) is 11.1. The van der Waals surface area contributed by atoms with Crippen molar-refractivity contribution in [2.24, 2.45) is 0 Å². The van der Waals surface area contributed by atoms with Gasteiger partial charge in [0, 0.05) is 0 Å². The first-order chi connectivity index (χ1) is 10.9. The van der Waals surface area contributed by atoms with Gasteiger partial charge >= 0.3 is 6.18 Å². The highest BCUT2D eigenvalue weighted by Crippen LogP contribution is 2.30. The molecular formula is C14H9F3N4OS. The number of fused-ring (bicyclic) bond motifs is 1. The summed E-state index contributed by atoms with van der Waals surface area (Å²) in [5.41, 5.74) is 5.60. The van der Waals surface area contributed by atoms with Crippen molar-refractivity contribution in [2.45, 2.75) is 6.18 Å². The zero-order valence-electron chi connectivity index (χ0n) is 11.4. The lowest BCUT2D eigenvalue weighted by Gasteiger charge is -2.05. The van der Waals surface area contributed by atoms with Crippen molar-refractivity contribution in [1.82, 2.24) is 15.0 Å². The zero-order chi connectivity index (χ0) is 16.6. The first-order valence-electron chi connectivity index (χ1n) is 6.35. The first kappa shape index (κ1) is 15.2. The van der Waals surface area contributed by atoms with Crippen LogP contribution in [0.15, 0.2) is 36.4 Å². The predicted molar refractivity (Wildman–Crippen MR) is 81.1 cm³/mol. The van der Waals surface area contributed by atoms with Crippen molar-refractivity contribution in [1.29, 1.82) is 0 Å². The van der Waals surface area contributed by atoms with Crippen molar-refractivity contribution in [3.05, 3.63) is 53.5 Å². The number of benzene rings is 1. The fourth-order valence-electron chi connectivity index (χ4n) is 2.07. The number of H-pyrrole nitrogens is 1. The maximum atomic E-state index is 12.7. The van der Waals surface area contributed by atoms with E-state index in [-0.39, 0.29) is 33.3 Å². The van der Waals surface area contributed by atoms with Gasteiger partial charge < -0.3 is 10.7 Å². The molecule has 0 saturated heterocycles. The van der Waals surface area contributed by atoms with Crippen molar-refractivity contribution in [3.63, 3.8) is 0 Å². The van der Waals surface area contributed by atoms with E-state index in [0.717, 1.165) is 12.1 Å². The molecule has 118 valence electrons. The normalized spacial score (nSPS) is 11.6. The summed E-state index contributed by atoms with van der Waals surface area (Å²) in [5, 5.41) is 0. The smallest absolute Gasteiger partial charge is 0.384 e. The standard InChI is InChI=1S/C14H9F3N4OS/c15-14(16,17)7-4-5-8-10(6-7)21-13(20-8)12(23-22)9-2-1-3-11(18)19-9/h1-6H,(H2,18,19)(H,20,21). The Kier molecular flexibility index (Phi) is 3.64. The SMILES string of the molecule is Nc1cccc(C(=S=O)c2nc3ccc(C(F)(F)F)cc3[nH]2)n1. The molecule has 0 aliphatic carbocycles. The molecule has 0 unspecified atom stereocenters. The van der Waals surface area contributed by atoms with E-state index in [2.05, 4.69) is 15.0 Å². The van der Waals surface area contributed by atoms with Crippen LogP contribution in [0.5, 0.6) is 0 Å². The van der Waals surface area contributed by atoms with Gasteiger partial charge in [-0.05, 0) is 30.3 Å². The topological polar surface area (TPSA) is 84.7 Å². The second kappa shape index (κ2) is 5.51. The average Bonchev–Trinajstić information content (AvgIpc) is 2.89. The van der Waals surface area contributed by atoms with E-state index in [0.29, 0.717) is 11.2 Å². The number of pyridine rings is 1. The lowest BCUT2D eigenvalue weighted by atomic mass is 10.2. The van der Waals surface area contributed by atoms with Crippen LogP contribution in [0, 0.1) is 0 Å². The van der Waals surface area contributed by atoms with Crippen LogP contribution in [0.4, 0.5) is 19.0 Å². The van der Waals surface area contributed by atoms with E-state index in [4.69, 9.17) is 5.73 Å². The van der Waals surface area contributed by atoms with Crippen molar-refractivity contribution < 1.29 is 17.4 Å². The molecule has 0 spiro atoms. The molecule has 2 heterocycles. The average molecular weight is 338 g/mol. The summed E-state index contributed by atoms with van der Waals surface area (Å²) in [6, 6.07) is 7.90. The molecule has 3 rings (SSSR count). The molecule has 0 fully saturated rings. The highest BCUT2D eigenvalue weighted by atomic mass is 32.1. The molecule has 3 N–H and O–H groups in total. The number of imidazole rings is 1. The van der Waals surface area contributed by atoms with Crippen LogP contribution >= 0.6 is 0 Å². The van der Waals surface area contributed by atoms with E-state index in [1.807, 2.05) is 0 Å². The van der Waals surface area contributed by atoms with E-state index in [1.54, 1.807) is 18.2 Å². The Morgan fingerprint density at radius 2 is 1.96 bits per heavy atom. The number of nitrogens with one attached hydrogen (secondary N) is 1. The molecule has 23 heavy (non-hydrogen) atoms. The molecule has 5 nitrogen and oxygen atoms in total. The minimum Gasteiger partial charge on any atom is -0.384 e. The minimum atomic E-state index is -4.45. The van der Waals surface area contributed by atoms with Gasteiger partial charge in [0.1, 0.15) is 21.9 Å². The number of rotatable bonds is 2. The summed E-state index contributed by atoms with van der Waals surface area (Å²) in [6.07, 6.45) is -4.45. The summed E-state index contributed by atoms with van der Waals surface area (Å²) in [7, 11) is 0. The van der Waals surface area contributed by atoms with Crippen LogP contribution < -0.4 is 5.73 Å². The molecule has 0 atom stereocenters. The third kappa shape index (κ3) is 2.95. The fraction of sp³-hybridized carbons (Fsp3) is 0.0714. The number of aromatic nitrogens is 3. The van der Waals surface area contributed by atoms with Crippen LogP contribution in [0.1, 0.15) is 17.1 Å². The molecule has 0 aliphatic heterocycles. The highest BCUT2D eigenvalue weighted by molar-refractivity contribution is 7.67. The quantitative estimate of drug-likeness (QED) is 0.555. The maximum absolute atomic E-state index is 12.7. The van der Waals surface area contributed by atoms with E-state index in [9.17, 15) is 17.4 Å². The molecule has 1 aromatic carbocycles. The van der Waals surface area contributed by atoms with E-state index >= 15 is 0 Å². The lowest BCUT2D eigenvalue weighted by Crippen LogP contribution is -2.08. The maximum Gasteiger partial charge on any atom is 0.416 e. The Labute approximate surface area is 131 Å². The fourth-order valence-corrected chi connectivity index (χ4v) is 2.45. The molecule has 0 amide bonds. The van der Waals surface area contributed by atoms with Gasteiger partial charge in [-0.15, -0.1) is 0 Å². The van der Waals surface area contributed by atoms with Gasteiger partial charge in [-0.2, -0.15) is 13.2 Å².